The molecule has 0 atom stereocenters. The van der Waals surface area contributed by atoms with Gasteiger partial charge in [-0.25, -0.2) is 4.79 Å². The van der Waals surface area contributed by atoms with E-state index >= 15 is 0 Å². The van der Waals surface area contributed by atoms with Crippen LogP contribution in [0.3, 0.4) is 0 Å². The second kappa shape index (κ2) is 6.24. The molecule has 2 amide bonds. The molecule has 0 unspecified atom stereocenters. The summed E-state index contributed by atoms with van der Waals surface area (Å²) < 4.78 is 0. The molecule has 1 aliphatic carbocycles. The zero-order valence-corrected chi connectivity index (χ0v) is 10.8. The van der Waals surface area contributed by atoms with Crippen molar-refractivity contribution in [2.45, 2.75) is 39.0 Å². The summed E-state index contributed by atoms with van der Waals surface area (Å²) in [7, 11) is 0. The lowest BCUT2D eigenvalue weighted by molar-refractivity contribution is 0.255. The number of allylic oxidation sites excluding steroid dienone is 1. The Kier molecular flexibility index (Phi) is 4.40. The topological polar surface area (TPSA) is 41.1 Å². The molecule has 3 heteroatoms. The van der Waals surface area contributed by atoms with Crippen molar-refractivity contribution in [2.75, 3.05) is 5.32 Å². The van der Waals surface area contributed by atoms with Crippen LogP contribution < -0.4 is 10.6 Å². The van der Waals surface area contributed by atoms with Gasteiger partial charge in [-0.3, -0.25) is 0 Å². The van der Waals surface area contributed by atoms with Crippen LogP contribution in [-0.4, -0.2) is 6.03 Å². The van der Waals surface area contributed by atoms with Crippen LogP contribution in [0.4, 0.5) is 10.5 Å². The molecule has 0 radical (unpaired) electrons. The Labute approximate surface area is 108 Å². The van der Waals surface area contributed by atoms with Gasteiger partial charge in [-0.15, -0.1) is 0 Å². The second-order valence-corrected chi connectivity index (χ2v) is 4.83. The standard InChI is InChI=1S/C15H20N2O/c1-12-7-9-14(10-8-12)17-15(18)16-11-13-5-3-2-4-6-13/h7-11H,2-6H2,1H3,(H2,16,17,18). The van der Waals surface area contributed by atoms with Crippen LogP contribution >= 0.6 is 0 Å². The highest BCUT2D eigenvalue weighted by atomic mass is 16.2. The van der Waals surface area contributed by atoms with E-state index in [-0.39, 0.29) is 6.03 Å². The lowest BCUT2D eigenvalue weighted by atomic mass is 9.96. The molecule has 0 spiro atoms. The zero-order chi connectivity index (χ0) is 12.8. The molecule has 1 fully saturated rings. The monoisotopic (exact) mass is 244 g/mol. The van der Waals surface area contributed by atoms with E-state index in [1.54, 1.807) is 0 Å². The number of benzene rings is 1. The Balaban J connectivity index is 1.83. The Bertz CT molecular complexity index is 426. The average Bonchev–Trinajstić information content (AvgIpc) is 2.40. The molecule has 18 heavy (non-hydrogen) atoms. The van der Waals surface area contributed by atoms with E-state index in [0.29, 0.717) is 0 Å². The molecule has 2 rings (SSSR count). The highest BCUT2D eigenvalue weighted by Gasteiger charge is 2.05. The van der Waals surface area contributed by atoms with Gasteiger partial charge in [0.25, 0.3) is 0 Å². The molecule has 1 aromatic carbocycles. The Hall–Kier alpha value is -1.77. The molecule has 0 bridgehead atoms. The predicted octanol–water partition coefficient (Wildman–Crippen LogP) is 3.96. The molecule has 1 aliphatic rings. The molecule has 0 saturated heterocycles. The number of hydrogen-bond acceptors (Lipinski definition) is 1. The fraction of sp³-hybridized carbons (Fsp3) is 0.400. The zero-order valence-electron chi connectivity index (χ0n) is 10.8. The predicted molar refractivity (Wildman–Crippen MR) is 74.5 cm³/mol. The highest BCUT2D eigenvalue weighted by molar-refractivity contribution is 5.89. The van der Waals surface area contributed by atoms with Gasteiger partial charge in [-0.2, -0.15) is 0 Å². The van der Waals surface area contributed by atoms with E-state index in [1.165, 1.54) is 30.4 Å². The molecule has 1 aromatic rings. The van der Waals surface area contributed by atoms with E-state index in [0.717, 1.165) is 18.5 Å². The van der Waals surface area contributed by atoms with Gasteiger partial charge in [0.2, 0.25) is 0 Å². The van der Waals surface area contributed by atoms with Crippen LogP contribution in [0.15, 0.2) is 36.0 Å². The number of carbonyl (C=O) groups is 1. The normalized spacial score (nSPS) is 15.1. The van der Waals surface area contributed by atoms with Gasteiger partial charge in [0.15, 0.2) is 0 Å². The summed E-state index contributed by atoms with van der Waals surface area (Å²) in [6.07, 6.45) is 7.89. The van der Waals surface area contributed by atoms with Crippen molar-refractivity contribution in [1.29, 1.82) is 0 Å². The number of anilines is 1. The molecule has 96 valence electrons. The maximum Gasteiger partial charge on any atom is 0.323 e. The number of carbonyl (C=O) groups excluding carboxylic acids is 1. The Morgan fingerprint density at radius 2 is 1.78 bits per heavy atom. The maximum absolute atomic E-state index is 11.7. The van der Waals surface area contributed by atoms with Gasteiger partial charge in [-0.1, -0.05) is 29.7 Å². The molecule has 1 saturated carbocycles. The van der Waals surface area contributed by atoms with Crippen molar-refractivity contribution in [1.82, 2.24) is 5.32 Å². The molecular formula is C15H20N2O. The lowest BCUT2D eigenvalue weighted by Gasteiger charge is -2.13. The van der Waals surface area contributed by atoms with Gasteiger partial charge in [0, 0.05) is 11.9 Å². The van der Waals surface area contributed by atoms with Gasteiger partial charge >= 0.3 is 6.03 Å². The minimum Gasteiger partial charge on any atom is -0.314 e. The maximum atomic E-state index is 11.7. The first-order chi connectivity index (χ1) is 8.74. The van der Waals surface area contributed by atoms with Crippen molar-refractivity contribution in [2.24, 2.45) is 0 Å². The van der Waals surface area contributed by atoms with Crippen LogP contribution in [0.25, 0.3) is 0 Å². The molecule has 3 nitrogen and oxygen atoms in total. The van der Waals surface area contributed by atoms with Gasteiger partial charge in [0.05, 0.1) is 0 Å². The smallest absolute Gasteiger partial charge is 0.314 e. The Morgan fingerprint density at radius 1 is 1.11 bits per heavy atom. The molecule has 0 heterocycles. The number of amides is 2. The minimum absolute atomic E-state index is 0.170. The van der Waals surface area contributed by atoms with Crippen molar-refractivity contribution >= 4 is 11.7 Å². The van der Waals surface area contributed by atoms with Gasteiger partial charge in [0.1, 0.15) is 0 Å². The van der Waals surface area contributed by atoms with E-state index < -0.39 is 0 Å². The third-order valence-corrected chi connectivity index (χ3v) is 3.21. The number of aryl methyl sites for hydroxylation is 1. The highest BCUT2D eigenvalue weighted by Crippen LogP contribution is 2.21. The van der Waals surface area contributed by atoms with Crippen molar-refractivity contribution in [3.05, 3.63) is 41.6 Å². The number of hydrogen-bond donors (Lipinski definition) is 2. The van der Waals surface area contributed by atoms with Crippen LogP contribution in [0.5, 0.6) is 0 Å². The quantitative estimate of drug-likeness (QED) is 0.812. The lowest BCUT2D eigenvalue weighted by Crippen LogP contribution is -2.24. The molecule has 0 aliphatic heterocycles. The SMILES string of the molecule is Cc1ccc(NC(=O)NC=C2CCCCC2)cc1. The summed E-state index contributed by atoms with van der Waals surface area (Å²) in [6.45, 7) is 2.03. The summed E-state index contributed by atoms with van der Waals surface area (Å²) in [4.78, 5) is 11.7. The summed E-state index contributed by atoms with van der Waals surface area (Å²) in [6, 6.07) is 7.60. The molecule has 2 N–H and O–H groups in total. The Morgan fingerprint density at radius 3 is 2.44 bits per heavy atom. The summed E-state index contributed by atoms with van der Waals surface area (Å²) >= 11 is 0. The second-order valence-electron chi connectivity index (χ2n) is 4.83. The van der Waals surface area contributed by atoms with Crippen LogP contribution in [-0.2, 0) is 0 Å². The fourth-order valence-corrected chi connectivity index (χ4v) is 2.12. The molecular weight excluding hydrogens is 224 g/mol. The van der Waals surface area contributed by atoms with Crippen molar-refractivity contribution < 1.29 is 4.79 Å². The summed E-state index contributed by atoms with van der Waals surface area (Å²) in [5, 5.41) is 5.62. The first-order valence-corrected chi connectivity index (χ1v) is 6.56. The summed E-state index contributed by atoms with van der Waals surface area (Å²) in [5.41, 5.74) is 3.35. The van der Waals surface area contributed by atoms with Crippen LogP contribution in [0, 0.1) is 6.92 Å². The number of urea groups is 1. The number of rotatable bonds is 2. The van der Waals surface area contributed by atoms with Gasteiger partial charge in [-0.05, 0) is 44.7 Å². The van der Waals surface area contributed by atoms with E-state index in [1.807, 2.05) is 37.4 Å². The molecule has 0 aromatic heterocycles. The third-order valence-electron chi connectivity index (χ3n) is 3.21. The first kappa shape index (κ1) is 12.7. The third kappa shape index (κ3) is 3.91. The number of nitrogens with one attached hydrogen (secondary N) is 2. The van der Waals surface area contributed by atoms with E-state index in [9.17, 15) is 4.79 Å². The average molecular weight is 244 g/mol. The van der Waals surface area contributed by atoms with Crippen molar-refractivity contribution in [3.63, 3.8) is 0 Å². The fourth-order valence-electron chi connectivity index (χ4n) is 2.12. The largest absolute Gasteiger partial charge is 0.323 e. The first-order valence-electron chi connectivity index (χ1n) is 6.56. The summed E-state index contributed by atoms with van der Waals surface area (Å²) in [5.74, 6) is 0. The minimum atomic E-state index is -0.170. The van der Waals surface area contributed by atoms with Crippen LogP contribution in [0.2, 0.25) is 0 Å². The van der Waals surface area contributed by atoms with Crippen molar-refractivity contribution in [3.8, 4) is 0 Å². The van der Waals surface area contributed by atoms with E-state index in [2.05, 4.69) is 10.6 Å². The van der Waals surface area contributed by atoms with E-state index in [4.69, 9.17) is 0 Å². The van der Waals surface area contributed by atoms with Gasteiger partial charge < -0.3 is 10.6 Å². The van der Waals surface area contributed by atoms with Crippen LogP contribution in [0.1, 0.15) is 37.7 Å².